The number of halogens is 1. The number of ketones is 1. The topological polar surface area (TPSA) is 54.3 Å². The molecule has 5 nitrogen and oxygen atoms in total. The van der Waals surface area contributed by atoms with Gasteiger partial charge in [0.25, 0.3) is 5.56 Å². The molecule has 1 atom stereocenters. The molecular formula is C18H20BrN3O2. The van der Waals surface area contributed by atoms with Gasteiger partial charge in [0, 0.05) is 19.2 Å². The van der Waals surface area contributed by atoms with Crippen molar-refractivity contribution in [2.24, 2.45) is 7.05 Å². The molecule has 1 saturated heterocycles. The van der Waals surface area contributed by atoms with Crippen molar-refractivity contribution in [3.8, 4) is 0 Å². The van der Waals surface area contributed by atoms with E-state index in [0.717, 1.165) is 28.8 Å². The molecule has 1 N–H and O–H groups in total. The van der Waals surface area contributed by atoms with Crippen LogP contribution in [0.2, 0.25) is 0 Å². The Morgan fingerprint density at radius 3 is 2.46 bits per heavy atom. The number of benzene rings is 1. The van der Waals surface area contributed by atoms with Gasteiger partial charge in [-0.15, -0.1) is 0 Å². The van der Waals surface area contributed by atoms with Gasteiger partial charge in [-0.3, -0.25) is 14.5 Å². The maximum Gasteiger partial charge on any atom is 0.274 e. The van der Waals surface area contributed by atoms with Crippen LogP contribution in [-0.4, -0.2) is 28.8 Å². The number of pyridine rings is 1. The van der Waals surface area contributed by atoms with Gasteiger partial charge in [-0.2, -0.15) is 0 Å². The average Bonchev–Trinajstić information content (AvgIpc) is 2.57. The van der Waals surface area contributed by atoms with E-state index in [1.165, 1.54) is 4.57 Å². The second-order valence-corrected chi connectivity index (χ2v) is 6.95. The number of aromatic nitrogens is 1. The first-order valence-corrected chi connectivity index (χ1v) is 8.72. The molecule has 126 valence electrons. The number of rotatable bonds is 3. The first-order chi connectivity index (χ1) is 11.5. The summed E-state index contributed by atoms with van der Waals surface area (Å²) in [5.74, 6) is 0.270. The molecule has 1 fully saturated rings. The van der Waals surface area contributed by atoms with Crippen LogP contribution in [0.3, 0.4) is 0 Å². The van der Waals surface area contributed by atoms with Crippen molar-refractivity contribution in [3.05, 3.63) is 56.9 Å². The number of hydrogen-bond acceptors (Lipinski definition) is 4. The van der Waals surface area contributed by atoms with Gasteiger partial charge in [-0.05, 0) is 65.8 Å². The quantitative estimate of drug-likeness (QED) is 0.818. The summed E-state index contributed by atoms with van der Waals surface area (Å²) in [4.78, 5) is 26.5. The number of piperidine rings is 1. The molecule has 24 heavy (non-hydrogen) atoms. The number of nitrogens with one attached hydrogen (secondary N) is 1. The van der Waals surface area contributed by atoms with Crippen LogP contribution in [0.25, 0.3) is 0 Å². The molecule has 0 saturated carbocycles. The third-order valence-corrected chi connectivity index (χ3v) is 5.22. The minimum atomic E-state index is -0.159. The fourth-order valence-electron chi connectivity index (χ4n) is 3.07. The minimum Gasteiger partial charge on any atom is -0.351 e. The predicted molar refractivity (Wildman–Crippen MR) is 98.7 cm³/mol. The van der Waals surface area contributed by atoms with Crippen molar-refractivity contribution >= 4 is 33.1 Å². The summed E-state index contributed by atoms with van der Waals surface area (Å²) < 4.78 is 2.26. The Balaban J connectivity index is 1.81. The van der Waals surface area contributed by atoms with E-state index in [0.29, 0.717) is 12.1 Å². The van der Waals surface area contributed by atoms with Crippen molar-refractivity contribution in [1.82, 2.24) is 9.47 Å². The normalized spacial score (nSPS) is 18.6. The first-order valence-electron chi connectivity index (χ1n) is 7.93. The summed E-state index contributed by atoms with van der Waals surface area (Å²) in [7, 11) is 3.70. The monoisotopic (exact) mass is 389 g/mol. The first kappa shape index (κ1) is 16.9. The van der Waals surface area contributed by atoms with E-state index < -0.39 is 0 Å². The molecule has 0 spiro atoms. The second-order valence-electron chi connectivity index (χ2n) is 6.13. The molecule has 0 bridgehead atoms. The van der Waals surface area contributed by atoms with Crippen LogP contribution >= 0.6 is 15.9 Å². The summed E-state index contributed by atoms with van der Waals surface area (Å²) in [6.07, 6.45) is 1.57. The predicted octanol–water partition coefficient (Wildman–Crippen LogP) is 3.23. The largest absolute Gasteiger partial charge is 0.351 e. The van der Waals surface area contributed by atoms with E-state index >= 15 is 0 Å². The lowest BCUT2D eigenvalue weighted by Crippen LogP contribution is -2.36. The zero-order valence-corrected chi connectivity index (χ0v) is 15.3. The highest BCUT2D eigenvalue weighted by molar-refractivity contribution is 9.10. The Hall–Kier alpha value is -1.92. The molecule has 1 aliphatic heterocycles. The number of Topliss-reactive ketones (excluding diaryl/α,β-unsaturated/α-hetero) is 1. The Labute approximate surface area is 149 Å². The van der Waals surface area contributed by atoms with Crippen molar-refractivity contribution in [3.63, 3.8) is 0 Å². The van der Waals surface area contributed by atoms with Gasteiger partial charge in [-0.1, -0.05) is 12.1 Å². The molecule has 3 rings (SSSR count). The van der Waals surface area contributed by atoms with E-state index in [-0.39, 0.29) is 17.4 Å². The molecule has 2 heterocycles. The number of carbonyl (C=O) groups is 1. The Bertz CT molecular complexity index is 814. The smallest absolute Gasteiger partial charge is 0.274 e. The van der Waals surface area contributed by atoms with Crippen LogP contribution < -0.4 is 10.9 Å². The lowest BCUT2D eigenvalue weighted by atomic mass is 9.94. The number of carbonyl (C=O) groups excluding carboxylic acids is 1. The summed E-state index contributed by atoms with van der Waals surface area (Å²) in [6.45, 7) is 0.936. The summed E-state index contributed by atoms with van der Waals surface area (Å²) in [5.41, 5.74) is 2.23. The third-order valence-electron chi connectivity index (χ3n) is 4.43. The third kappa shape index (κ3) is 3.30. The molecule has 0 amide bonds. The maximum absolute atomic E-state index is 12.2. The van der Waals surface area contributed by atoms with Crippen LogP contribution in [0, 0.1) is 0 Å². The van der Waals surface area contributed by atoms with Crippen molar-refractivity contribution in [2.75, 3.05) is 18.9 Å². The molecule has 1 unspecified atom stereocenters. The van der Waals surface area contributed by atoms with Gasteiger partial charge in [-0.25, -0.2) is 0 Å². The molecule has 1 aromatic carbocycles. The van der Waals surface area contributed by atoms with E-state index in [4.69, 9.17) is 0 Å². The molecule has 2 aromatic rings. The zero-order valence-electron chi connectivity index (χ0n) is 13.8. The fourth-order valence-corrected chi connectivity index (χ4v) is 3.36. The molecular weight excluding hydrogens is 370 g/mol. The number of nitrogens with zero attached hydrogens (tertiary/aromatic N) is 2. The van der Waals surface area contributed by atoms with Crippen LogP contribution in [0.4, 0.5) is 11.4 Å². The van der Waals surface area contributed by atoms with Crippen LogP contribution in [-0.2, 0) is 11.8 Å². The van der Waals surface area contributed by atoms with Gasteiger partial charge in [0.2, 0.25) is 0 Å². The molecule has 1 aliphatic rings. The number of likely N-dealkylation sites (tertiary alicyclic amines) is 1. The zero-order chi connectivity index (χ0) is 17.3. The van der Waals surface area contributed by atoms with Gasteiger partial charge < -0.3 is 9.88 Å². The molecule has 0 radical (unpaired) electrons. The van der Waals surface area contributed by atoms with Crippen molar-refractivity contribution in [1.29, 1.82) is 0 Å². The highest BCUT2D eigenvalue weighted by Gasteiger charge is 2.28. The van der Waals surface area contributed by atoms with Crippen LogP contribution in [0.5, 0.6) is 0 Å². The highest BCUT2D eigenvalue weighted by atomic mass is 79.9. The minimum absolute atomic E-state index is 0.101. The van der Waals surface area contributed by atoms with Gasteiger partial charge >= 0.3 is 0 Å². The molecule has 6 heteroatoms. The van der Waals surface area contributed by atoms with E-state index in [1.807, 2.05) is 37.4 Å². The Morgan fingerprint density at radius 1 is 1.08 bits per heavy atom. The van der Waals surface area contributed by atoms with Crippen molar-refractivity contribution in [2.45, 2.75) is 18.9 Å². The van der Waals surface area contributed by atoms with E-state index in [1.54, 1.807) is 13.1 Å². The fraction of sp³-hybridized carbons (Fsp3) is 0.333. The summed E-state index contributed by atoms with van der Waals surface area (Å²) >= 11 is 3.33. The van der Waals surface area contributed by atoms with Crippen molar-refractivity contribution < 1.29 is 4.79 Å². The SMILES string of the molecule is CN1CCCC(=O)C1c1ccc(Nc2ccc(Br)n(C)c2=O)cc1. The lowest BCUT2D eigenvalue weighted by Gasteiger charge is -2.31. The maximum atomic E-state index is 12.2. The number of anilines is 2. The summed E-state index contributed by atoms with van der Waals surface area (Å²) in [5, 5.41) is 3.14. The molecule has 0 aliphatic carbocycles. The highest BCUT2D eigenvalue weighted by Crippen LogP contribution is 2.28. The van der Waals surface area contributed by atoms with Gasteiger partial charge in [0.15, 0.2) is 5.78 Å². The van der Waals surface area contributed by atoms with E-state index in [2.05, 4.69) is 26.1 Å². The van der Waals surface area contributed by atoms with E-state index in [9.17, 15) is 9.59 Å². The molecule has 1 aromatic heterocycles. The van der Waals surface area contributed by atoms with Gasteiger partial charge in [0.1, 0.15) is 5.69 Å². The Morgan fingerprint density at radius 2 is 1.79 bits per heavy atom. The second kappa shape index (κ2) is 6.91. The summed E-state index contributed by atoms with van der Waals surface area (Å²) in [6, 6.07) is 11.1. The average molecular weight is 390 g/mol. The standard InChI is InChI=1S/C18H20BrN3O2/c1-21-11-3-4-15(23)17(21)12-5-7-13(8-6-12)20-14-9-10-16(19)22(2)18(14)24/h5-10,17,20H,3-4,11H2,1-2H3. The van der Waals surface area contributed by atoms with Crippen LogP contribution in [0.15, 0.2) is 45.8 Å². The number of hydrogen-bond donors (Lipinski definition) is 1. The van der Waals surface area contributed by atoms with Gasteiger partial charge in [0.05, 0.1) is 10.6 Å². The Kier molecular flexibility index (Phi) is 4.87. The van der Waals surface area contributed by atoms with Crippen LogP contribution in [0.1, 0.15) is 24.4 Å². The lowest BCUT2D eigenvalue weighted by molar-refractivity contribution is -0.126. The number of likely N-dealkylation sites (N-methyl/N-ethyl adjacent to an activating group) is 1.